The highest BCUT2D eigenvalue weighted by molar-refractivity contribution is 5.76. The van der Waals surface area contributed by atoms with Crippen LogP contribution in [0.2, 0.25) is 0 Å². The lowest BCUT2D eigenvalue weighted by molar-refractivity contribution is -0.192. The van der Waals surface area contributed by atoms with Crippen LogP contribution in [0, 0.1) is 0 Å². The molecule has 3 fully saturated rings. The third-order valence-corrected chi connectivity index (χ3v) is 5.25. The minimum absolute atomic E-state index is 0.246. The number of carboxylic acid groups (broad SMARTS) is 1. The van der Waals surface area contributed by atoms with Crippen LogP contribution in [0.15, 0.2) is 18.5 Å². The first-order chi connectivity index (χ1) is 13.3. The van der Waals surface area contributed by atoms with Gasteiger partial charge in [0.1, 0.15) is 0 Å². The van der Waals surface area contributed by atoms with Crippen LogP contribution in [0.25, 0.3) is 0 Å². The summed E-state index contributed by atoms with van der Waals surface area (Å²) in [5.74, 6) is -1.95. The summed E-state index contributed by atoms with van der Waals surface area (Å²) in [6, 6.07) is 2.81. The van der Waals surface area contributed by atoms with E-state index in [4.69, 9.17) is 9.90 Å². The Morgan fingerprint density at radius 1 is 1.00 bits per heavy atom. The number of hydrogen-bond acceptors (Lipinski definition) is 5. The summed E-state index contributed by atoms with van der Waals surface area (Å²) >= 11 is 0. The Morgan fingerprint density at radius 3 is 2.14 bits per heavy atom. The van der Waals surface area contributed by atoms with Gasteiger partial charge in [-0.05, 0) is 31.7 Å². The van der Waals surface area contributed by atoms with Crippen LogP contribution in [0.5, 0.6) is 0 Å². The molecule has 0 unspecified atom stereocenters. The van der Waals surface area contributed by atoms with Gasteiger partial charge in [0, 0.05) is 38.6 Å². The van der Waals surface area contributed by atoms with E-state index in [0.29, 0.717) is 12.1 Å². The van der Waals surface area contributed by atoms with Gasteiger partial charge in [0.2, 0.25) is 5.95 Å². The second-order valence-electron chi connectivity index (χ2n) is 6.93. The van der Waals surface area contributed by atoms with Gasteiger partial charge in [0.15, 0.2) is 0 Å². The summed E-state index contributed by atoms with van der Waals surface area (Å²) in [7, 11) is 0. The summed E-state index contributed by atoms with van der Waals surface area (Å²) in [5, 5.41) is 7.12. The first-order valence-electron chi connectivity index (χ1n) is 9.18. The van der Waals surface area contributed by atoms with Crippen molar-refractivity contribution in [2.75, 3.05) is 31.1 Å². The van der Waals surface area contributed by atoms with Crippen LogP contribution < -0.4 is 4.90 Å². The van der Waals surface area contributed by atoms with Gasteiger partial charge < -0.3 is 19.8 Å². The molecule has 0 spiro atoms. The topological polar surface area (TPSA) is 89.9 Å². The SMILES string of the molecule is O=C(N1CCCC1)N1CC[C@H]2[C@H]1CCN2c1ncccn1.O=C(O)C(F)(F)F. The van der Waals surface area contributed by atoms with E-state index in [1.54, 1.807) is 12.4 Å². The predicted octanol–water partition coefficient (Wildman–Crippen LogP) is 1.98. The Morgan fingerprint density at radius 2 is 1.57 bits per heavy atom. The van der Waals surface area contributed by atoms with E-state index in [-0.39, 0.29) is 6.03 Å². The van der Waals surface area contributed by atoms with E-state index in [1.165, 1.54) is 0 Å². The molecule has 1 aromatic heterocycles. The number of rotatable bonds is 1. The maximum Gasteiger partial charge on any atom is 0.490 e. The maximum atomic E-state index is 12.6. The molecule has 2 amide bonds. The van der Waals surface area contributed by atoms with Gasteiger partial charge in [0.05, 0.1) is 12.1 Å². The normalized spacial score (nSPS) is 24.0. The average Bonchev–Trinajstić information content (AvgIpc) is 3.39. The number of carbonyl (C=O) groups excluding carboxylic acids is 1. The van der Waals surface area contributed by atoms with Gasteiger partial charge in [-0.1, -0.05) is 0 Å². The van der Waals surface area contributed by atoms with E-state index < -0.39 is 12.1 Å². The number of amides is 2. The lowest BCUT2D eigenvalue weighted by atomic mass is 10.1. The number of carbonyl (C=O) groups is 2. The van der Waals surface area contributed by atoms with Crippen molar-refractivity contribution in [2.45, 2.75) is 43.9 Å². The standard InChI is InChI=1S/C15H21N5O.C2HF3O2/c21-15(18-8-1-2-9-18)20-11-5-12-13(20)4-10-19(12)14-16-6-3-7-17-14;3-2(4,5)1(6)7/h3,6-7,12-13H,1-2,4-5,8-11H2;(H,6,7)/t12-,13+;/m0./s1. The first kappa shape index (κ1) is 20.2. The van der Waals surface area contributed by atoms with E-state index in [0.717, 1.165) is 57.8 Å². The summed E-state index contributed by atoms with van der Waals surface area (Å²) in [6.45, 7) is 3.67. The smallest absolute Gasteiger partial charge is 0.475 e. The highest BCUT2D eigenvalue weighted by Gasteiger charge is 2.46. The van der Waals surface area contributed by atoms with Crippen LogP contribution in [-0.4, -0.2) is 81.3 Å². The largest absolute Gasteiger partial charge is 0.490 e. The van der Waals surface area contributed by atoms with Crippen LogP contribution >= 0.6 is 0 Å². The van der Waals surface area contributed by atoms with Crippen molar-refractivity contribution in [1.82, 2.24) is 19.8 Å². The van der Waals surface area contributed by atoms with Gasteiger partial charge in [-0.15, -0.1) is 0 Å². The van der Waals surface area contributed by atoms with Crippen LogP contribution in [0.3, 0.4) is 0 Å². The Bertz CT molecular complexity index is 697. The maximum absolute atomic E-state index is 12.6. The number of anilines is 1. The molecule has 2 atom stereocenters. The summed E-state index contributed by atoms with van der Waals surface area (Å²) in [5.41, 5.74) is 0. The Kier molecular flexibility index (Phi) is 5.90. The van der Waals surface area contributed by atoms with Gasteiger partial charge in [-0.3, -0.25) is 0 Å². The van der Waals surface area contributed by atoms with Crippen LogP contribution in [0.4, 0.5) is 23.9 Å². The quantitative estimate of drug-likeness (QED) is 0.774. The minimum atomic E-state index is -5.08. The van der Waals surface area contributed by atoms with Crippen molar-refractivity contribution in [1.29, 1.82) is 0 Å². The third-order valence-electron chi connectivity index (χ3n) is 5.25. The molecule has 154 valence electrons. The van der Waals surface area contributed by atoms with E-state index in [1.807, 2.05) is 11.0 Å². The number of urea groups is 1. The number of alkyl halides is 3. The number of carboxylic acids is 1. The number of nitrogens with zero attached hydrogens (tertiary/aromatic N) is 5. The second-order valence-corrected chi connectivity index (χ2v) is 6.93. The number of aromatic nitrogens is 2. The van der Waals surface area contributed by atoms with Crippen LogP contribution in [0.1, 0.15) is 25.7 Å². The highest BCUT2D eigenvalue weighted by atomic mass is 19.4. The second kappa shape index (κ2) is 8.19. The zero-order valence-corrected chi connectivity index (χ0v) is 15.2. The number of likely N-dealkylation sites (tertiary alicyclic amines) is 2. The van der Waals surface area contributed by atoms with Gasteiger partial charge in [0.25, 0.3) is 0 Å². The monoisotopic (exact) mass is 401 g/mol. The summed E-state index contributed by atoms with van der Waals surface area (Å²) in [6.07, 6.45) is 2.86. The number of aliphatic carboxylic acids is 1. The predicted molar refractivity (Wildman–Crippen MR) is 92.8 cm³/mol. The third kappa shape index (κ3) is 4.28. The summed E-state index contributed by atoms with van der Waals surface area (Å²) in [4.78, 5) is 36.7. The molecule has 0 aromatic carbocycles. The van der Waals surface area contributed by atoms with Gasteiger partial charge >= 0.3 is 18.2 Å². The molecule has 4 heterocycles. The molecule has 3 aliphatic rings. The molecule has 1 aromatic rings. The Hall–Kier alpha value is -2.59. The van der Waals surface area contributed by atoms with Crippen molar-refractivity contribution in [3.63, 3.8) is 0 Å². The number of halogens is 3. The number of hydrogen-bond donors (Lipinski definition) is 1. The fraction of sp³-hybridized carbons (Fsp3) is 0.647. The molecule has 28 heavy (non-hydrogen) atoms. The van der Waals surface area contributed by atoms with Gasteiger partial charge in [-0.2, -0.15) is 13.2 Å². The van der Waals surface area contributed by atoms with Crippen molar-refractivity contribution in [2.24, 2.45) is 0 Å². The Balaban J connectivity index is 0.000000279. The molecular formula is C17H22F3N5O3. The summed E-state index contributed by atoms with van der Waals surface area (Å²) < 4.78 is 31.7. The van der Waals surface area contributed by atoms with Crippen LogP contribution in [-0.2, 0) is 4.79 Å². The minimum Gasteiger partial charge on any atom is -0.475 e. The molecule has 8 nitrogen and oxygen atoms in total. The van der Waals surface area contributed by atoms with Gasteiger partial charge in [-0.25, -0.2) is 19.6 Å². The lowest BCUT2D eigenvalue weighted by Crippen LogP contribution is -2.46. The highest BCUT2D eigenvalue weighted by Crippen LogP contribution is 2.34. The molecule has 3 aliphatic heterocycles. The fourth-order valence-corrected chi connectivity index (χ4v) is 4.00. The van der Waals surface area contributed by atoms with E-state index in [2.05, 4.69) is 19.8 Å². The molecular weight excluding hydrogens is 379 g/mol. The van der Waals surface area contributed by atoms with E-state index in [9.17, 15) is 18.0 Å². The zero-order chi connectivity index (χ0) is 20.3. The first-order valence-corrected chi connectivity index (χ1v) is 9.18. The molecule has 1 N–H and O–H groups in total. The van der Waals surface area contributed by atoms with Crippen molar-refractivity contribution >= 4 is 17.9 Å². The van der Waals surface area contributed by atoms with E-state index >= 15 is 0 Å². The average molecular weight is 401 g/mol. The fourth-order valence-electron chi connectivity index (χ4n) is 4.00. The van der Waals surface area contributed by atoms with Crippen molar-refractivity contribution in [3.8, 4) is 0 Å². The molecule has 4 rings (SSSR count). The molecule has 11 heteroatoms. The lowest BCUT2D eigenvalue weighted by Gasteiger charge is -2.29. The molecule has 0 aliphatic carbocycles. The Labute approximate surface area is 159 Å². The molecule has 0 radical (unpaired) electrons. The van der Waals surface area contributed by atoms with Crippen molar-refractivity contribution in [3.05, 3.63) is 18.5 Å². The number of fused-ring (bicyclic) bond motifs is 1. The van der Waals surface area contributed by atoms with Crippen molar-refractivity contribution < 1.29 is 27.9 Å². The molecule has 0 bridgehead atoms. The molecule has 0 saturated carbocycles. The molecule has 3 saturated heterocycles. The zero-order valence-electron chi connectivity index (χ0n) is 15.2.